The Morgan fingerprint density at radius 3 is 2.55 bits per heavy atom. The lowest BCUT2D eigenvalue weighted by molar-refractivity contribution is 0.102. The SMILES string of the molecule is C=C(O)C1(c2ccc(-c3cc4cc(NC(=O)c5n[nH]c(C)c5C)cnc4[nH]3)cc2)CC1. The van der Waals surface area contributed by atoms with E-state index >= 15 is 0 Å². The third-order valence-corrected chi connectivity index (χ3v) is 6.25. The van der Waals surface area contributed by atoms with Gasteiger partial charge in [0.15, 0.2) is 5.69 Å². The molecular formula is C24H23N5O2. The van der Waals surface area contributed by atoms with Gasteiger partial charge in [0.25, 0.3) is 5.91 Å². The molecule has 0 spiro atoms. The van der Waals surface area contributed by atoms with Gasteiger partial charge in [-0.3, -0.25) is 9.89 Å². The number of pyridine rings is 1. The Kier molecular flexibility index (Phi) is 4.22. The minimum atomic E-state index is -0.270. The second-order valence-electron chi connectivity index (χ2n) is 8.23. The molecule has 3 heterocycles. The Hall–Kier alpha value is -3.87. The number of hydrogen-bond acceptors (Lipinski definition) is 4. The van der Waals surface area contributed by atoms with E-state index in [0.29, 0.717) is 11.4 Å². The van der Waals surface area contributed by atoms with Gasteiger partial charge in [-0.1, -0.05) is 30.8 Å². The Bertz CT molecular complexity index is 1330. The first-order valence-electron chi connectivity index (χ1n) is 10.2. The van der Waals surface area contributed by atoms with Crippen molar-refractivity contribution in [1.29, 1.82) is 0 Å². The minimum Gasteiger partial charge on any atom is -0.512 e. The second-order valence-corrected chi connectivity index (χ2v) is 8.23. The molecule has 1 aromatic carbocycles. The first kappa shape index (κ1) is 19.1. The lowest BCUT2D eigenvalue weighted by Gasteiger charge is -2.14. The molecule has 3 aromatic heterocycles. The molecule has 156 valence electrons. The average Bonchev–Trinajstić information content (AvgIpc) is 3.37. The summed E-state index contributed by atoms with van der Waals surface area (Å²) in [6.07, 6.45) is 3.50. The van der Waals surface area contributed by atoms with Crippen molar-refractivity contribution in [3.63, 3.8) is 0 Å². The highest BCUT2D eigenvalue weighted by atomic mass is 16.3. The van der Waals surface area contributed by atoms with Crippen molar-refractivity contribution in [3.05, 3.63) is 77.4 Å². The zero-order valence-corrected chi connectivity index (χ0v) is 17.4. The molecule has 0 radical (unpaired) electrons. The van der Waals surface area contributed by atoms with Crippen LogP contribution in [-0.4, -0.2) is 31.2 Å². The summed E-state index contributed by atoms with van der Waals surface area (Å²) >= 11 is 0. The third kappa shape index (κ3) is 3.18. The molecule has 4 aromatic rings. The van der Waals surface area contributed by atoms with Crippen LogP contribution < -0.4 is 5.32 Å². The van der Waals surface area contributed by atoms with Gasteiger partial charge in [0, 0.05) is 22.3 Å². The van der Waals surface area contributed by atoms with E-state index in [9.17, 15) is 9.90 Å². The number of fused-ring (bicyclic) bond motifs is 1. The van der Waals surface area contributed by atoms with Crippen LogP contribution in [0.1, 0.15) is 40.2 Å². The van der Waals surface area contributed by atoms with Crippen molar-refractivity contribution >= 4 is 22.6 Å². The van der Waals surface area contributed by atoms with E-state index in [-0.39, 0.29) is 17.1 Å². The summed E-state index contributed by atoms with van der Waals surface area (Å²) in [6.45, 7) is 7.48. The summed E-state index contributed by atoms with van der Waals surface area (Å²) < 4.78 is 0. The maximum absolute atomic E-state index is 12.5. The van der Waals surface area contributed by atoms with Gasteiger partial charge < -0.3 is 15.4 Å². The monoisotopic (exact) mass is 413 g/mol. The molecule has 0 atom stereocenters. The fourth-order valence-electron chi connectivity index (χ4n) is 3.97. The Morgan fingerprint density at radius 2 is 1.94 bits per heavy atom. The molecule has 7 heteroatoms. The number of aliphatic hydroxyl groups excluding tert-OH is 1. The topological polar surface area (TPSA) is 107 Å². The van der Waals surface area contributed by atoms with Gasteiger partial charge in [-0.25, -0.2) is 4.98 Å². The van der Waals surface area contributed by atoms with Crippen LogP contribution in [0.15, 0.2) is 54.9 Å². The zero-order valence-electron chi connectivity index (χ0n) is 17.4. The molecule has 1 amide bonds. The average molecular weight is 413 g/mol. The number of aromatic nitrogens is 4. The van der Waals surface area contributed by atoms with Crippen LogP contribution in [0, 0.1) is 13.8 Å². The number of aryl methyl sites for hydroxylation is 1. The van der Waals surface area contributed by atoms with Crippen molar-refractivity contribution < 1.29 is 9.90 Å². The highest BCUT2D eigenvalue weighted by Gasteiger charge is 2.47. The summed E-state index contributed by atoms with van der Waals surface area (Å²) in [5.74, 6) is -0.0290. The molecule has 31 heavy (non-hydrogen) atoms. The van der Waals surface area contributed by atoms with Gasteiger partial charge in [0.2, 0.25) is 0 Å². The molecule has 0 saturated heterocycles. The standard InChI is InChI=1S/C24H23N5O2/c1-13-14(2)28-29-21(13)23(31)26-19-10-17-11-20(27-22(17)25-12-19)16-4-6-18(7-5-16)24(8-9-24)15(3)30/h4-7,10-12,30H,3,8-9H2,1-2H3,(H,25,27)(H,26,31)(H,28,29). The number of nitrogens with one attached hydrogen (secondary N) is 3. The number of H-pyrrole nitrogens is 2. The molecule has 0 bridgehead atoms. The molecule has 1 aliphatic carbocycles. The van der Waals surface area contributed by atoms with Gasteiger partial charge in [-0.15, -0.1) is 0 Å². The number of nitrogens with zero attached hydrogens (tertiary/aromatic N) is 2. The summed E-state index contributed by atoms with van der Waals surface area (Å²) in [5.41, 5.74) is 6.21. The van der Waals surface area contributed by atoms with Crippen molar-refractivity contribution in [2.45, 2.75) is 32.1 Å². The third-order valence-electron chi connectivity index (χ3n) is 6.25. The molecule has 0 unspecified atom stereocenters. The number of rotatable bonds is 5. The molecule has 0 aliphatic heterocycles. The highest BCUT2D eigenvalue weighted by Crippen LogP contribution is 2.52. The molecule has 1 saturated carbocycles. The van der Waals surface area contributed by atoms with Crippen LogP contribution in [0.4, 0.5) is 5.69 Å². The van der Waals surface area contributed by atoms with Gasteiger partial charge in [0.1, 0.15) is 5.65 Å². The van der Waals surface area contributed by atoms with Gasteiger partial charge >= 0.3 is 0 Å². The molecule has 1 aliphatic rings. The molecular weight excluding hydrogens is 390 g/mol. The molecule has 4 N–H and O–H groups in total. The van der Waals surface area contributed by atoms with Crippen molar-refractivity contribution in [2.75, 3.05) is 5.32 Å². The van der Waals surface area contributed by atoms with Crippen LogP contribution in [0.3, 0.4) is 0 Å². The maximum Gasteiger partial charge on any atom is 0.276 e. The minimum absolute atomic E-state index is 0.241. The van der Waals surface area contributed by atoms with E-state index in [1.807, 2.05) is 50.2 Å². The summed E-state index contributed by atoms with van der Waals surface area (Å²) in [5, 5.41) is 20.6. The lowest BCUT2D eigenvalue weighted by Crippen LogP contribution is -2.13. The van der Waals surface area contributed by atoms with Crippen LogP contribution >= 0.6 is 0 Å². The van der Waals surface area contributed by atoms with E-state index < -0.39 is 0 Å². The number of carbonyl (C=O) groups is 1. The van der Waals surface area contributed by atoms with Gasteiger partial charge in [-0.05, 0) is 49.9 Å². The number of amides is 1. The fraction of sp³-hybridized carbons (Fsp3) is 0.208. The number of aliphatic hydroxyl groups is 1. The van der Waals surface area contributed by atoms with Crippen molar-refractivity contribution in [3.8, 4) is 11.3 Å². The van der Waals surface area contributed by atoms with Gasteiger partial charge in [-0.2, -0.15) is 5.10 Å². The summed E-state index contributed by atoms with van der Waals surface area (Å²) in [6, 6.07) is 12.1. The Morgan fingerprint density at radius 1 is 1.19 bits per heavy atom. The van der Waals surface area contributed by atoms with E-state index in [4.69, 9.17) is 0 Å². The predicted octanol–water partition coefficient (Wildman–Crippen LogP) is 4.93. The van der Waals surface area contributed by atoms with Crippen molar-refractivity contribution in [2.24, 2.45) is 0 Å². The second kappa shape index (κ2) is 6.84. The molecule has 1 fully saturated rings. The highest BCUT2D eigenvalue weighted by molar-refractivity contribution is 6.04. The van der Waals surface area contributed by atoms with Crippen LogP contribution in [0.25, 0.3) is 22.3 Å². The first-order chi connectivity index (χ1) is 14.9. The molecule has 7 nitrogen and oxygen atoms in total. The van der Waals surface area contributed by atoms with E-state index in [1.165, 1.54) is 0 Å². The normalized spacial score (nSPS) is 14.5. The Labute approximate surface area is 179 Å². The van der Waals surface area contributed by atoms with E-state index in [0.717, 1.165) is 52.0 Å². The van der Waals surface area contributed by atoms with Crippen LogP contribution in [0.5, 0.6) is 0 Å². The van der Waals surface area contributed by atoms with E-state index in [2.05, 4.69) is 32.1 Å². The molecule has 5 rings (SSSR count). The predicted molar refractivity (Wildman–Crippen MR) is 120 cm³/mol. The van der Waals surface area contributed by atoms with Crippen LogP contribution in [-0.2, 0) is 5.41 Å². The van der Waals surface area contributed by atoms with E-state index in [1.54, 1.807) is 6.20 Å². The zero-order chi connectivity index (χ0) is 21.8. The summed E-state index contributed by atoms with van der Waals surface area (Å²) in [4.78, 5) is 20.3. The number of hydrogen-bond donors (Lipinski definition) is 4. The first-order valence-corrected chi connectivity index (χ1v) is 10.2. The maximum atomic E-state index is 12.5. The number of aromatic amines is 2. The van der Waals surface area contributed by atoms with Crippen LogP contribution in [0.2, 0.25) is 0 Å². The quantitative estimate of drug-likeness (QED) is 0.348. The van der Waals surface area contributed by atoms with Crippen molar-refractivity contribution in [1.82, 2.24) is 20.2 Å². The fourth-order valence-corrected chi connectivity index (χ4v) is 3.97. The Balaban J connectivity index is 1.39. The number of benzene rings is 1. The van der Waals surface area contributed by atoms with Gasteiger partial charge in [0.05, 0.1) is 23.1 Å². The number of carbonyl (C=O) groups excluding carboxylic acids is 1. The lowest BCUT2D eigenvalue weighted by atomic mass is 9.93. The smallest absolute Gasteiger partial charge is 0.276 e. The number of anilines is 1. The summed E-state index contributed by atoms with van der Waals surface area (Å²) in [7, 11) is 0. The largest absolute Gasteiger partial charge is 0.512 e. The number of allylic oxidation sites excluding steroid dienone is 1.